The maximum Gasteiger partial charge on any atom is 0.420 e. The summed E-state index contributed by atoms with van der Waals surface area (Å²) in [5.74, 6) is -1.27. The quantitative estimate of drug-likeness (QED) is 0.879. The first-order valence-corrected chi connectivity index (χ1v) is 7.43. The number of carboxylic acids is 1. The van der Waals surface area contributed by atoms with Crippen molar-refractivity contribution in [3.8, 4) is 5.75 Å². The summed E-state index contributed by atoms with van der Waals surface area (Å²) in [6.07, 6.45) is -3.90. The first-order chi connectivity index (χ1) is 10.2. The van der Waals surface area contributed by atoms with E-state index in [-0.39, 0.29) is 5.75 Å². The number of hydrogen-bond donors (Lipinski definition) is 1. The van der Waals surface area contributed by atoms with Gasteiger partial charge in [-0.3, -0.25) is 0 Å². The van der Waals surface area contributed by atoms with Crippen molar-refractivity contribution in [2.45, 2.75) is 31.5 Å². The highest BCUT2D eigenvalue weighted by Gasteiger charge is 2.60. The zero-order valence-electron chi connectivity index (χ0n) is 11.8. The van der Waals surface area contributed by atoms with Gasteiger partial charge in [-0.05, 0) is 0 Å². The van der Waals surface area contributed by atoms with E-state index in [0.29, 0.717) is 23.1 Å². The number of aromatic nitrogens is 1. The Hall–Kier alpha value is -1.83. The van der Waals surface area contributed by atoms with Gasteiger partial charge in [0.05, 0.1) is 7.11 Å². The molecule has 2 aromatic rings. The van der Waals surface area contributed by atoms with Crippen LogP contribution in [0.3, 0.4) is 0 Å². The Bertz CT molecular complexity index is 784. The lowest BCUT2D eigenvalue weighted by molar-refractivity contribution is -0.770. The molecule has 1 unspecified atom stereocenters. The Morgan fingerprint density at radius 2 is 2.18 bits per heavy atom. The molecule has 1 aliphatic rings. The van der Waals surface area contributed by atoms with Gasteiger partial charge in [0.25, 0.3) is 5.54 Å². The first-order valence-electron chi connectivity index (χ1n) is 6.61. The highest BCUT2D eigenvalue weighted by molar-refractivity contribution is 7.18. The highest BCUT2D eigenvalue weighted by Crippen LogP contribution is 2.43. The number of alkyl halides is 3. The number of thiazole rings is 1. The van der Waals surface area contributed by atoms with Crippen molar-refractivity contribution in [2.75, 3.05) is 7.11 Å². The second-order valence-corrected chi connectivity index (χ2v) is 6.33. The number of halogens is 3. The normalized spacial score (nSPS) is 20.6. The number of nitrogens with zero attached hydrogens (tertiary/aromatic N) is 1. The standard InChI is InChI=1S/C14H12F3NO3S/c1-3-13(12(19)20)6-11-18(13)8-4-7(14(15,16)17)9(21-2)5-10(8)22-11/h4-5H,3,6H2,1-2H3/p+1. The molecule has 1 aromatic heterocycles. The van der Waals surface area contributed by atoms with Crippen LogP contribution in [0.15, 0.2) is 12.1 Å². The van der Waals surface area contributed by atoms with E-state index in [1.807, 2.05) is 0 Å². The molecule has 1 atom stereocenters. The predicted octanol–water partition coefficient (Wildman–Crippen LogP) is 2.96. The second kappa shape index (κ2) is 4.58. The summed E-state index contributed by atoms with van der Waals surface area (Å²) in [7, 11) is 1.19. The minimum absolute atomic E-state index is 0.251. The van der Waals surface area contributed by atoms with Gasteiger partial charge >= 0.3 is 12.1 Å². The maximum absolute atomic E-state index is 13.2. The Labute approximate surface area is 127 Å². The van der Waals surface area contributed by atoms with Gasteiger partial charge in [0.15, 0.2) is 0 Å². The van der Waals surface area contributed by atoms with Crippen LogP contribution in [0.2, 0.25) is 0 Å². The van der Waals surface area contributed by atoms with Crippen molar-refractivity contribution < 1.29 is 32.4 Å². The monoisotopic (exact) mass is 332 g/mol. The van der Waals surface area contributed by atoms with Crippen LogP contribution in [0, 0.1) is 0 Å². The van der Waals surface area contributed by atoms with Crippen molar-refractivity contribution in [1.82, 2.24) is 0 Å². The van der Waals surface area contributed by atoms with Crippen molar-refractivity contribution in [2.24, 2.45) is 0 Å². The van der Waals surface area contributed by atoms with E-state index in [9.17, 15) is 23.1 Å². The number of fused-ring (bicyclic) bond motifs is 3. The molecule has 0 bridgehead atoms. The van der Waals surface area contributed by atoms with Crippen LogP contribution in [0.1, 0.15) is 23.9 Å². The number of ether oxygens (including phenoxy) is 1. The molecule has 0 amide bonds. The molecule has 0 saturated carbocycles. The van der Waals surface area contributed by atoms with Gasteiger partial charge in [0.1, 0.15) is 22.4 Å². The van der Waals surface area contributed by atoms with Gasteiger partial charge < -0.3 is 9.84 Å². The van der Waals surface area contributed by atoms with Crippen LogP contribution in [0.25, 0.3) is 10.2 Å². The average molecular weight is 332 g/mol. The molecule has 8 heteroatoms. The molecule has 0 fully saturated rings. The second-order valence-electron chi connectivity index (χ2n) is 5.22. The van der Waals surface area contributed by atoms with E-state index in [2.05, 4.69) is 0 Å². The molecule has 1 aromatic carbocycles. The molecule has 0 spiro atoms. The van der Waals surface area contributed by atoms with Gasteiger partial charge in [-0.1, -0.05) is 18.3 Å². The average Bonchev–Trinajstić information content (AvgIpc) is 2.70. The predicted molar refractivity (Wildman–Crippen MR) is 73.2 cm³/mol. The number of carbonyl (C=O) groups is 1. The Morgan fingerprint density at radius 3 is 2.68 bits per heavy atom. The van der Waals surface area contributed by atoms with Gasteiger partial charge in [-0.25, -0.2) is 4.79 Å². The highest BCUT2D eigenvalue weighted by atomic mass is 32.1. The third-order valence-corrected chi connectivity index (χ3v) is 5.27. The smallest absolute Gasteiger partial charge is 0.420 e. The van der Waals surface area contributed by atoms with Gasteiger partial charge in [0, 0.05) is 18.6 Å². The molecule has 1 aliphatic heterocycles. The fraction of sp³-hybridized carbons (Fsp3) is 0.429. The summed E-state index contributed by atoms with van der Waals surface area (Å²) in [6.45, 7) is 1.72. The minimum Gasteiger partial charge on any atom is -0.496 e. The lowest BCUT2D eigenvalue weighted by Gasteiger charge is -2.29. The molecule has 2 heterocycles. The Balaban J connectivity index is 2.30. The number of aliphatic carboxylic acids is 1. The molecule has 0 aliphatic carbocycles. The molecular weight excluding hydrogens is 319 g/mol. The zero-order valence-corrected chi connectivity index (χ0v) is 12.6. The van der Waals surface area contributed by atoms with Crippen molar-refractivity contribution >= 4 is 27.5 Å². The summed E-state index contributed by atoms with van der Waals surface area (Å²) in [5, 5.41) is 10.2. The van der Waals surface area contributed by atoms with Crippen LogP contribution in [0.4, 0.5) is 13.2 Å². The van der Waals surface area contributed by atoms with E-state index >= 15 is 0 Å². The minimum atomic E-state index is -4.56. The van der Waals surface area contributed by atoms with E-state index in [4.69, 9.17) is 4.74 Å². The molecule has 0 saturated heterocycles. The summed E-state index contributed by atoms with van der Waals surface area (Å²) >= 11 is 1.30. The largest absolute Gasteiger partial charge is 0.496 e. The summed E-state index contributed by atoms with van der Waals surface area (Å²) in [4.78, 5) is 11.6. The van der Waals surface area contributed by atoms with Crippen LogP contribution in [-0.2, 0) is 22.9 Å². The molecule has 22 heavy (non-hydrogen) atoms. The molecule has 118 valence electrons. The molecule has 3 rings (SSSR count). The lowest BCUT2D eigenvalue weighted by atomic mass is 9.85. The summed E-state index contributed by atoms with van der Waals surface area (Å²) in [5.41, 5.74) is -1.74. The fourth-order valence-electron chi connectivity index (χ4n) is 2.93. The van der Waals surface area contributed by atoms with Gasteiger partial charge in [0.2, 0.25) is 10.5 Å². The lowest BCUT2D eigenvalue weighted by Crippen LogP contribution is -2.71. The van der Waals surface area contributed by atoms with E-state index in [0.717, 1.165) is 11.1 Å². The topological polar surface area (TPSA) is 50.4 Å². The number of carboxylic acid groups (broad SMARTS) is 1. The molecule has 1 N–H and O–H groups in total. The third kappa shape index (κ3) is 1.83. The molecule has 0 radical (unpaired) electrons. The summed E-state index contributed by atoms with van der Waals surface area (Å²) < 4.78 is 46.4. The van der Waals surface area contributed by atoms with E-state index in [1.54, 1.807) is 6.92 Å². The maximum atomic E-state index is 13.2. The third-order valence-electron chi connectivity index (χ3n) is 4.16. The van der Waals surface area contributed by atoms with Crippen molar-refractivity contribution in [3.63, 3.8) is 0 Å². The Morgan fingerprint density at radius 1 is 1.50 bits per heavy atom. The number of rotatable bonds is 3. The van der Waals surface area contributed by atoms with Crippen LogP contribution in [-0.4, -0.2) is 18.2 Å². The van der Waals surface area contributed by atoms with Crippen LogP contribution in [0.5, 0.6) is 5.75 Å². The van der Waals surface area contributed by atoms with Crippen LogP contribution >= 0.6 is 11.3 Å². The Kier molecular flexibility index (Phi) is 3.14. The fourth-order valence-corrected chi connectivity index (χ4v) is 4.28. The van der Waals surface area contributed by atoms with Crippen molar-refractivity contribution in [3.05, 3.63) is 22.7 Å². The zero-order chi connectivity index (χ0) is 16.3. The summed E-state index contributed by atoms with van der Waals surface area (Å²) in [6, 6.07) is 2.32. The van der Waals surface area contributed by atoms with Crippen LogP contribution < -0.4 is 9.30 Å². The SMILES string of the molecule is CCC1(C(=O)O)Cc2sc3cc(OC)c(C(F)(F)F)cc3[n+]21. The molecular formula is C14H13F3NO3S+. The van der Waals surface area contributed by atoms with Crippen molar-refractivity contribution in [1.29, 1.82) is 0 Å². The van der Waals surface area contributed by atoms with Gasteiger partial charge in [-0.2, -0.15) is 17.7 Å². The van der Waals surface area contributed by atoms with Gasteiger partial charge in [-0.15, -0.1) is 0 Å². The van der Waals surface area contributed by atoms with E-state index < -0.39 is 23.2 Å². The number of hydrogen-bond acceptors (Lipinski definition) is 3. The number of methoxy groups -OCH3 is 1. The molecule has 4 nitrogen and oxygen atoms in total. The van der Waals surface area contributed by atoms with E-state index in [1.165, 1.54) is 29.1 Å². The number of benzene rings is 1. The first kappa shape index (κ1) is 15.1.